The summed E-state index contributed by atoms with van der Waals surface area (Å²) in [5.41, 5.74) is 3.62. The highest BCUT2D eigenvalue weighted by molar-refractivity contribution is 6.37. The van der Waals surface area contributed by atoms with Crippen LogP contribution in [0.15, 0.2) is 51.8 Å². The van der Waals surface area contributed by atoms with E-state index in [1.807, 2.05) is 28.8 Å². The minimum atomic E-state index is -0.247. The average molecular weight is 527 g/mol. The lowest BCUT2D eigenvalue weighted by Crippen LogP contribution is -2.51. The molecule has 4 aromatic rings. The van der Waals surface area contributed by atoms with Crippen LogP contribution in [0.3, 0.4) is 0 Å². The van der Waals surface area contributed by atoms with E-state index < -0.39 is 0 Å². The minimum absolute atomic E-state index is 0. The molecule has 3 atom stereocenters. The molecule has 2 aromatic heterocycles. The predicted octanol–water partition coefficient (Wildman–Crippen LogP) is 4.84. The number of hydrogen-bond acceptors (Lipinski definition) is 5. The number of rotatable bonds is 3. The number of aryl methyl sites for hydroxylation is 1. The maximum Gasteiger partial charge on any atom is 0.264 e. The van der Waals surface area contributed by atoms with Crippen molar-refractivity contribution in [2.24, 2.45) is 0 Å². The molecule has 0 bridgehead atoms. The summed E-state index contributed by atoms with van der Waals surface area (Å²) in [5.74, 6) is 0.514. The highest BCUT2D eigenvalue weighted by atomic mass is 35.5. The van der Waals surface area contributed by atoms with Crippen LogP contribution in [-0.4, -0.2) is 27.7 Å². The summed E-state index contributed by atoms with van der Waals surface area (Å²) in [6, 6.07) is 13.5. The van der Waals surface area contributed by atoms with E-state index >= 15 is 0 Å². The lowest BCUT2D eigenvalue weighted by atomic mass is 9.89. The van der Waals surface area contributed by atoms with Crippen molar-refractivity contribution in [3.05, 3.63) is 74.7 Å². The molecule has 7 nitrogen and oxygen atoms in total. The Hall–Kier alpha value is -2.87. The lowest BCUT2D eigenvalue weighted by molar-refractivity contribution is -0.124. The summed E-state index contributed by atoms with van der Waals surface area (Å²) in [7, 11) is 0. The molecule has 0 radical (unpaired) electrons. The quantitative estimate of drug-likeness (QED) is 0.398. The van der Waals surface area contributed by atoms with Crippen molar-refractivity contribution >= 4 is 51.7 Å². The van der Waals surface area contributed by atoms with E-state index in [-0.39, 0.29) is 42.0 Å². The van der Waals surface area contributed by atoms with Crippen molar-refractivity contribution in [3.63, 3.8) is 0 Å². The van der Waals surface area contributed by atoms with Crippen molar-refractivity contribution in [2.45, 2.75) is 63.7 Å². The monoisotopic (exact) mass is 526 g/mol. The van der Waals surface area contributed by atoms with Crippen LogP contribution in [0.2, 0.25) is 5.02 Å². The summed E-state index contributed by atoms with van der Waals surface area (Å²) in [6.07, 6.45) is 4.05. The molecule has 6 rings (SSSR count). The Bertz CT molecular complexity index is 1510. The van der Waals surface area contributed by atoms with Crippen LogP contribution < -0.4 is 16.2 Å². The molecule has 2 aliphatic rings. The van der Waals surface area contributed by atoms with Gasteiger partial charge in [0.25, 0.3) is 5.56 Å². The highest BCUT2D eigenvalue weighted by Gasteiger charge is 2.31. The van der Waals surface area contributed by atoms with Gasteiger partial charge in [0.1, 0.15) is 16.7 Å². The third-order valence-electron chi connectivity index (χ3n) is 7.54. The third-order valence-corrected chi connectivity index (χ3v) is 7.85. The maximum absolute atomic E-state index is 13.7. The third kappa shape index (κ3) is 4.19. The number of aromatic nitrogens is 2. The van der Waals surface area contributed by atoms with Gasteiger partial charge < -0.3 is 19.7 Å². The first-order chi connectivity index (χ1) is 17.0. The van der Waals surface area contributed by atoms with Gasteiger partial charge in [0, 0.05) is 24.0 Å². The fourth-order valence-corrected chi connectivity index (χ4v) is 6.07. The second kappa shape index (κ2) is 9.88. The minimum Gasteiger partial charge on any atom is -0.360 e. The van der Waals surface area contributed by atoms with Gasteiger partial charge >= 0.3 is 0 Å². The van der Waals surface area contributed by atoms with Gasteiger partial charge in [-0.1, -0.05) is 47.1 Å². The number of hydrogen-bond donors (Lipinski definition) is 2. The van der Waals surface area contributed by atoms with Gasteiger partial charge in [-0.15, -0.1) is 12.4 Å². The molecule has 3 unspecified atom stereocenters. The zero-order chi connectivity index (χ0) is 24.1. The van der Waals surface area contributed by atoms with E-state index in [0.29, 0.717) is 41.1 Å². The Labute approximate surface area is 219 Å². The Balaban J connectivity index is 0.00000267. The molecule has 1 saturated carbocycles. The molecule has 36 heavy (non-hydrogen) atoms. The number of halogens is 2. The van der Waals surface area contributed by atoms with E-state index in [2.05, 4.69) is 27.9 Å². The lowest BCUT2D eigenvalue weighted by Gasteiger charge is -2.33. The first-order valence-electron chi connectivity index (χ1n) is 12.2. The number of fused-ring (bicyclic) bond motifs is 4. The van der Waals surface area contributed by atoms with E-state index in [1.165, 1.54) is 11.1 Å². The Morgan fingerprint density at radius 1 is 1.14 bits per heavy atom. The molecule has 1 amide bonds. The van der Waals surface area contributed by atoms with Gasteiger partial charge in [-0.3, -0.25) is 9.59 Å². The topological polar surface area (TPSA) is 89.2 Å². The fraction of sp³-hybridized carbons (Fsp3) is 0.370. The molecule has 0 saturated heterocycles. The summed E-state index contributed by atoms with van der Waals surface area (Å²) in [4.78, 5) is 26.8. The predicted molar refractivity (Wildman–Crippen MR) is 143 cm³/mol. The van der Waals surface area contributed by atoms with Gasteiger partial charge in [-0.2, -0.15) is 0 Å². The highest BCUT2D eigenvalue weighted by Crippen LogP contribution is 2.35. The van der Waals surface area contributed by atoms with Crippen LogP contribution >= 0.6 is 24.0 Å². The van der Waals surface area contributed by atoms with Crippen LogP contribution in [0.5, 0.6) is 0 Å². The molecule has 3 heterocycles. The second-order valence-corrected chi connectivity index (χ2v) is 10.1. The number of benzene rings is 2. The van der Waals surface area contributed by atoms with Crippen LogP contribution in [0, 0.1) is 6.92 Å². The summed E-state index contributed by atoms with van der Waals surface area (Å²) in [5, 5.41) is 12.5. The van der Waals surface area contributed by atoms with Crippen molar-refractivity contribution in [1.82, 2.24) is 20.4 Å². The number of carbonyl (C=O) groups is 1. The molecule has 0 spiro atoms. The summed E-state index contributed by atoms with van der Waals surface area (Å²) in [6.45, 7) is 2.45. The average Bonchev–Trinajstić information content (AvgIpc) is 3.25. The Kier molecular flexibility index (Phi) is 6.81. The van der Waals surface area contributed by atoms with Crippen LogP contribution in [0.25, 0.3) is 21.8 Å². The van der Waals surface area contributed by atoms with Crippen LogP contribution in [0.1, 0.15) is 48.6 Å². The van der Waals surface area contributed by atoms with E-state index in [4.69, 9.17) is 16.1 Å². The number of nitrogens with one attached hydrogen (secondary N) is 2. The largest absolute Gasteiger partial charge is 0.360 e. The van der Waals surface area contributed by atoms with Crippen molar-refractivity contribution in [2.75, 3.05) is 0 Å². The molecule has 1 fully saturated rings. The van der Waals surface area contributed by atoms with Gasteiger partial charge in [0.15, 0.2) is 0 Å². The number of pyridine rings is 1. The number of carbonyl (C=O) groups excluding carboxylic acids is 1. The van der Waals surface area contributed by atoms with Gasteiger partial charge in [-0.25, -0.2) is 0 Å². The molecule has 1 aliphatic carbocycles. The zero-order valence-corrected chi connectivity index (χ0v) is 21.5. The molecule has 2 aromatic carbocycles. The molecular formula is C27H28Cl2N4O3. The van der Waals surface area contributed by atoms with E-state index in [1.54, 1.807) is 13.0 Å². The maximum atomic E-state index is 13.7. The summed E-state index contributed by atoms with van der Waals surface area (Å²) >= 11 is 6.57. The van der Waals surface area contributed by atoms with Gasteiger partial charge in [-0.05, 0) is 62.3 Å². The Morgan fingerprint density at radius 3 is 2.78 bits per heavy atom. The van der Waals surface area contributed by atoms with Crippen LogP contribution in [-0.2, 0) is 17.8 Å². The van der Waals surface area contributed by atoms with Gasteiger partial charge in [0.05, 0.1) is 16.6 Å². The second-order valence-electron chi connectivity index (χ2n) is 9.70. The first kappa shape index (κ1) is 24.8. The normalized spacial score (nSPS) is 21.7. The standard InChI is InChI=1S/C27H27ClN4O3.ClH/c1-15-23-25(31-35-15)24-20(28)10-5-11-22(24)32(27(23)34)19-9-4-8-18(13-19)30-26(33)21-12-16-6-2-3-7-17(16)14-29-21;/h2-3,5-7,10-11,18-19,21,29H,4,8-9,12-14H2,1H3,(H,30,33);1H. The van der Waals surface area contributed by atoms with Gasteiger partial charge in [0.2, 0.25) is 5.91 Å². The van der Waals surface area contributed by atoms with Crippen molar-refractivity contribution in [1.29, 1.82) is 0 Å². The zero-order valence-electron chi connectivity index (χ0n) is 19.9. The molecule has 1 aliphatic heterocycles. The van der Waals surface area contributed by atoms with Crippen molar-refractivity contribution < 1.29 is 9.32 Å². The molecule has 188 valence electrons. The SMILES string of the molecule is Cc1onc2c1c(=O)n(C1CCCC(NC(=O)C3Cc4ccccc4CN3)C1)c1cccc(Cl)c21.Cl. The van der Waals surface area contributed by atoms with E-state index in [0.717, 1.165) is 30.2 Å². The smallest absolute Gasteiger partial charge is 0.264 e. The molecular weight excluding hydrogens is 499 g/mol. The van der Waals surface area contributed by atoms with Crippen LogP contribution in [0.4, 0.5) is 0 Å². The number of amides is 1. The summed E-state index contributed by atoms with van der Waals surface area (Å²) < 4.78 is 7.23. The number of nitrogens with zero attached hydrogens (tertiary/aromatic N) is 2. The van der Waals surface area contributed by atoms with Crippen molar-refractivity contribution in [3.8, 4) is 0 Å². The Morgan fingerprint density at radius 2 is 1.94 bits per heavy atom. The molecule has 2 N–H and O–H groups in total. The molecule has 9 heteroatoms. The fourth-order valence-electron chi connectivity index (χ4n) is 5.81. The van der Waals surface area contributed by atoms with E-state index in [9.17, 15) is 9.59 Å². The first-order valence-corrected chi connectivity index (χ1v) is 12.6.